The molecule has 2 rings (SSSR count). The summed E-state index contributed by atoms with van der Waals surface area (Å²) in [5, 5.41) is 0. The van der Waals surface area contributed by atoms with Gasteiger partial charge in [-0.1, -0.05) is 24.0 Å². The molecule has 90 valence electrons. The van der Waals surface area contributed by atoms with Gasteiger partial charge in [-0.15, -0.1) is 0 Å². The topological polar surface area (TPSA) is 17.1 Å². The highest BCUT2D eigenvalue weighted by Gasteiger charge is 2.13. The Morgan fingerprint density at radius 2 is 2.06 bits per heavy atom. The summed E-state index contributed by atoms with van der Waals surface area (Å²) in [5.41, 5.74) is 2.36. The Morgan fingerprint density at radius 3 is 2.71 bits per heavy atom. The molecular formula is C16H20O. The van der Waals surface area contributed by atoms with E-state index in [0.717, 1.165) is 37.7 Å². The number of Topliss-reactive ketones (excluding diaryl/α,β-unsaturated/α-hetero) is 1. The van der Waals surface area contributed by atoms with Crippen molar-refractivity contribution in [3.8, 4) is 11.8 Å². The van der Waals surface area contributed by atoms with E-state index in [-0.39, 0.29) is 0 Å². The van der Waals surface area contributed by atoms with Gasteiger partial charge in [-0.25, -0.2) is 0 Å². The molecule has 0 fully saturated rings. The third kappa shape index (κ3) is 3.89. The Labute approximate surface area is 104 Å². The predicted octanol–water partition coefficient (Wildman–Crippen LogP) is 3.95. The van der Waals surface area contributed by atoms with E-state index in [2.05, 4.69) is 24.0 Å². The Morgan fingerprint density at radius 1 is 1.18 bits per heavy atom. The van der Waals surface area contributed by atoms with Crippen molar-refractivity contribution in [1.82, 2.24) is 0 Å². The molecule has 0 aromatic carbocycles. The number of allylic oxidation sites excluding steroid dienone is 4. The van der Waals surface area contributed by atoms with E-state index in [1.54, 1.807) is 0 Å². The Kier molecular flexibility index (Phi) is 4.62. The zero-order valence-electron chi connectivity index (χ0n) is 10.4. The fraction of sp³-hybridized carbons (Fsp3) is 0.562. The Balaban J connectivity index is 1.64. The Bertz CT molecular complexity index is 401. The minimum absolute atomic E-state index is 0.343. The third-order valence-electron chi connectivity index (χ3n) is 3.41. The summed E-state index contributed by atoms with van der Waals surface area (Å²) in [6.07, 6.45) is 13.8. The Hall–Kier alpha value is -1.29. The quantitative estimate of drug-likeness (QED) is 0.526. The van der Waals surface area contributed by atoms with Crippen molar-refractivity contribution in [2.75, 3.05) is 0 Å². The molecule has 0 amide bonds. The van der Waals surface area contributed by atoms with Crippen LogP contribution in [0.25, 0.3) is 0 Å². The number of hydrogen-bond acceptors (Lipinski definition) is 1. The molecule has 1 heteroatoms. The first kappa shape index (κ1) is 12.2. The first-order chi connectivity index (χ1) is 8.36. The second-order valence-corrected chi connectivity index (χ2v) is 4.82. The van der Waals surface area contributed by atoms with Gasteiger partial charge in [0.15, 0.2) is 5.78 Å². The molecule has 0 aromatic heterocycles. The molecular weight excluding hydrogens is 208 g/mol. The smallest absolute Gasteiger partial charge is 0.158 e. The SMILES string of the molecule is O=C(CCCC#CC1=CCCCC1)C1=CCC1. The average Bonchev–Trinajstić information content (AvgIpc) is 2.27. The fourth-order valence-corrected chi connectivity index (χ4v) is 2.17. The van der Waals surface area contributed by atoms with Crippen LogP contribution < -0.4 is 0 Å². The lowest BCUT2D eigenvalue weighted by Gasteiger charge is -2.11. The zero-order chi connectivity index (χ0) is 11.9. The van der Waals surface area contributed by atoms with E-state index in [4.69, 9.17) is 0 Å². The van der Waals surface area contributed by atoms with Crippen LogP contribution in [0.5, 0.6) is 0 Å². The van der Waals surface area contributed by atoms with E-state index >= 15 is 0 Å². The predicted molar refractivity (Wildman–Crippen MR) is 70.5 cm³/mol. The highest BCUT2D eigenvalue weighted by molar-refractivity contribution is 5.96. The summed E-state index contributed by atoms with van der Waals surface area (Å²) < 4.78 is 0. The van der Waals surface area contributed by atoms with Gasteiger partial charge in [0, 0.05) is 12.8 Å². The largest absolute Gasteiger partial charge is 0.295 e. The standard InChI is InChI=1S/C16H20O/c17-16(15-11-7-12-15)13-6-2-5-10-14-8-3-1-4-9-14/h8,11H,1-4,6-7,9,12-13H2. The lowest BCUT2D eigenvalue weighted by Crippen LogP contribution is -2.07. The molecule has 2 aliphatic carbocycles. The number of hydrogen-bond donors (Lipinski definition) is 0. The van der Waals surface area contributed by atoms with Gasteiger partial charge in [-0.3, -0.25) is 4.79 Å². The van der Waals surface area contributed by atoms with Crippen LogP contribution >= 0.6 is 0 Å². The van der Waals surface area contributed by atoms with E-state index in [1.165, 1.54) is 24.8 Å². The minimum Gasteiger partial charge on any atom is -0.295 e. The van der Waals surface area contributed by atoms with Crippen LogP contribution in [0.15, 0.2) is 23.3 Å². The molecule has 0 spiro atoms. The van der Waals surface area contributed by atoms with Gasteiger partial charge in [0.2, 0.25) is 0 Å². The van der Waals surface area contributed by atoms with Crippen molar-refractivity contribution in [2.45, 2.75) is 57.8 Å². The van der Waals surface area contributed by atoms with Crippen molar-refractivity contribution >= 4 is 5.78 Å². The first-order valence-electron chi connectivity index (χ1n) is 6.76. The first-order valence-corrected chi connectivity index (χ1v) is 6.76. The summed E-state index contributed by atoms with van der Waals surface area (Å²) in [6, 6.07) is 0. The molecule has 0 atom stereocenters. The second-order valence-electron chi connectivity index (χ2n) is 4.82. The summed E-state index contributed by atoms with van der Waals surface area (Å²) in [5.74, 6) is 6.78. The molecule has 17 heavy (non-hydrogen) atoms. The molecule has 1 nitrogen and oxygen atoms in total. The van der Waals surface area contributed by atoms with Gasteiger partial charge < -0.3 is 0 Å². The van der Waals surface area contributed by atoms with E-state index < -0.39 is 0 Å². The monoisotopic (exact) mass is 228 g/mol. The summed E-state index contributed by atoms with van der Waals surface area (Å²) in [6.45, 7) is 0. The molecule has 0 aliphatic heterocycles. The molecule has 0 radical (unpaired) electrons. The molecule has 0 aromatic rings. The molecule has 2 aliphatic rings. The van der Waals surface area contributed by atoms with Crippen molar-refractivity contribution in [3.05, 3.63) is 23.3 Å². The van der Waals surface area contributed by atoms with Gasteiger partial charge >= 0.3 is 0 Å². The average molecular weight is 228 g/mol. The number of ketones is 1. The second kappa shape index (κ2) is 6.45. The van der Waals surface area contributed by atoms with E-state index in [9.17, 15) is 4.79 Å². The van der Waals surface area contributed by atoms with Crippen LogP contribution in [0.2, 0.25) is 0 Å². The van der Waals surface area contributed by atoms with Crippen molar-refractivity contribution in [2.24, 2.45) is 0 Å². The molecule has 0 saturated carbocycles. The van der Waals surface area contributed by atoms with Crippen molar-refractivity contribution in [1.29, 1.82) is 0 Å². The molecule has 0 unspecified atom stereocenters. The van der Waals surface area contributed by atoms with Crippen LogP contribution in [-0.2, 0) is 4.79 Å². The number of rotatable bonds is 4. The van der Waals surface area contributed by atoms with Crippen molar-refractivity contribution in [3.63, 3.8) is 0 Å². The zero-order valence-corrected chi connectivity index (χ0v) is 10.4. The summed E-state index contributed by atoms with van der Waals surface area (Å²) >= 11 is 0. The molecule has 0 saturated heterocycles. The lowest BCUT2D eigenvalue weighted by molar-refractivity contribution is -0.116. The molecule has 0 N–H and O–H groups in total. The van der Waals surface area contributed by atoms with Crippen molar-refractivity contribution < 1.29 is 4.79 Å². The van der Waals surface area contributed by atoms with Crippen LogP contribution in [0.4, 0.5) is 0 Å². The van der Waals surface area contributed by atoms with Gasteiger partial charge in [0.05, 0.1) is 0 Å². The third-order valence-corrected chi connectivity index (χ3v) is 3.41. The highest BCUT2D eigenvalue weighted by atomic mass is 16.1. The van der Waals surface area contributed by atoms with Crippen LogP contribution in [0, 0.1) is 11.8 Å². The minimum atomic E-state index is 0.343. The van der Waals surface area contributed by atoms with Gasteiger partial charge in [0.25, 0.3) is 0 Å². The normalized spacial score (nSPS) is 18.4. The number of carbonyl (C=O) groups excluding carboxylic acids is 1. The van der Waals surface area contributed by atoms with Gasteiger partial charge in [-0.05, 0) is 56.1 Å². The van der Waals surface area contributed by atoms with Crippen LogP contribution in [-0.4, -0.2) is 5.78 Å². The van der Waals surface area contributed by atoms with Gasteiger partial charge in [-0.2, -0.15) is 0 Å². The van der Waals surface area contributed by atoms with E-state index in [0.29, 0.717) is 12.2 Å². The maximum atomic E-state index is 11.6. The summed E-state index contributed by atoms with van der Waals surface area (Å²) in [7, 11) is 0. The summed E-state index contributed by atoms with van der Waals surface area (Å²) in [4.78, 5) is 11.6. The van der Waals surface area contributed by atoms with Crippen LogP contribution in [0.1, 0.15) is 57.8 Å². The number of unbranched alkanes of at least 4 members (excludes halogenated alkanes) is 1. The maximum Gasteiger partial charge on any atom is 0.158 e. The molecule has 0 bridgehead atoms. The highest BCUT2D eigenvalue weighted by Crippen LogP contribution is 2.20. The lowest BCUT2D eigenvalue weighted by atomic mass is 9.92. The van der Waals surface area contributed by atoms with Gasteiger partial charge in [0.1, 0.15) is 0 Å². The molecule has 0 heterocycles. The maximum absolute atomic E-state index is 11.6. The fourth-order valence-electron chi connectivity index (χ4n) is 2.17. The van der Waals surface area contributed by atoms with E-state index in [1.807, 2.05) is 0 Å². The van der Waals surface area contributed by atoms with Crippen LogP contribution in [0.3, 0.4) is 0 Å². The number of carbonyl (C=O) groups is 1.